The highest BCUT2D eigenvalue weighted by molar-refractivity contribution is 7.88. The zero-order valence-corrected chi connectivity index (χ0v) is 15.0. The molecule has 1 saturated heterocycles. The molecule has 1 heterocycles. The van der Waals surface area contributed by atoms with Crippen LogP contribution in [-0.4, -0.2) is 33.5 Å². The smallest absolute Gasteiger partial charge is 0.347 e. The molecule has 5 nitrogen and oxygen atoms in total. The second-order valence-electron chi connectivity index (χ2n) is 6.82. The highest BCUT2D eigenvalue weighted by Crippen LogP contribution is 2.37. The summed E-state index contributed by atoms with van der Waals surface area (Å²) < 4.78 is 76.1. The van der Waals surface area contributed by atoms with Crippen LogP contribution in [0.2, 0.25) is 0 Å². The van der Waals surface area contributed by atoms with Crippen LogP contribution in [0.1, 0.15) is 43.2 Å². The minimum absolute atomic E-state index is 0.0880. The molecule has 26 heavy (non-hydrogen) atoms. The third-order valence-electron chi connectivity index (χ3n) is 4.70. The molecular weight excluding hydrogens is 371 g/mol. The fraction of sp³-hybridized carbons (Fsp3) is 0.647. The normalized spacial score (nSPS) is 23.4. The molecule has 3 rings (SSSR count). The van der Waals surface area contributed by atoms with Crippen molar-refractivity contribution in [3.05, 3.63) is 35.4 Å². The molecule has 0 unspecified atom stereocenters. The summed E-state index contributed by atoms with van der Waals surface area (Å²) in [4.78, 5) is 0. The number of alkyl halides is 3. The molecule has 1 saturated carbocycles. The van der Waals surface area contributed by atoms with Crippen molar-refractivity contribution in [3.63, 3.8) is 0 Å². The van der Waals surface area contributed by atoms with Gasteiger partial charge in [-0.15, -0.1) is 0 Å². The van der Waals surface area contributed by atoms with Gasteiger partial charge in [0.1, 0.15) is 0 Å². The average molecular weight is 393 g/mol. The second kappa shape index (κ2) is 7.46. The van der Waals surface area contributed by atoms with Gasteiger partial charge in [0.25, 0.3) is 0 Å². The van der Waals surface area contributed by atoms with Crippen molar-refractivity contribution in [2.45, 2.75) is 55.9 Å². The van der Waals surface area contributed by atoms with Crippen LogP contribution in [0.5, 0.6) is 0 Å². The molecule has 1 aromatic rings. The summed E-state index contributed by atoms with van der Waals surface area (Å²) in [5, 5.41) is 0. The van der Waals surface area contributed by atoms with Gasteiger partial charge in [-0.3, -0.25) is 0 Å². The van der Waals surface area contributed by atoms with E-state index in [1.807, 2.05) is 0 Å². The van der Waals surface area contributed by atoms with E-state index in [0.717, 1.165) is 44.2 Å². The van der Waals surface area contributed by atoms with E-state index in [9.17, 15) is 21.6 Å². The molecule has 0 bridgehead atoms. The highest BCUT2D eigenvalue weighted by Gasteiger charge is 2.42. The maximum Gasteiger partial charge on any atom is 0.416 e. The van der Waals surface area contributed by atoms with Gasteiger partial charge in [-0.2, -0.15) is 13.2 Å². The Hall–Kier alpha value is -1.16. The first-order valence-corrected chi connectivity index (χ1v) is 10.3. The Morgan fingerprint density at radius 2 is 1.77 bits per heavy atom. The summed E-state index contributed by atoms with van der Waals surface area (Å²) in [6.07, 6.45) is 0.0710. The van der Waals surface area contributed by atoms with Crippen molar-refractivity contribution in [3.8, 4) is 0 Å². The van der Waals surface area contributed by atoms with Crippen LogP contribution in [0.3, 0.4) is 0 Å². The number of benzene rings is 1. The molecule has 2 aliphatic rings. The van der Waals surface area contributed by atoms with Gasteiger partial charge in [0.05, 0.1) is 24.0 Å². The lowest BCUT2D eigenvalue weighted by Crippen LogP contribution is -2.37. The lowest BCUT2D eigenvalue weighted by molar-refractivity contribution is -0.186. The first kappa shape index (κ1) is 19.6. The van der Waals surface area contributed by atoms with Gasteiger partial charge in [-0.25, -0.2) is 13.1 Å². The van der Waals surface area contributed by atoms with Crippen molar-refractivity contribution < 1.29 is 31.1 Å². The quantitative estimate of drug-likeness (QED) is 0.835. The van der Waals surface area contributed by atoms with Gasteiger partial charge in [0.2, 0.25) is 10.0 Å². The molecule has 1 spiro atoms. The van der Waals surface area contributed by atoms with Crippen LogP contribution in [0, 0.1) is 0 Å². The molecule has 9 heteroatoms. The van der Waals surface area contributed by atoms with E-state index in [1.165, 1.54) is 12.1 Å². The number of hydrogen-bond donors (Lipinski definition) is 1. The van der Waals surface area contributed by atoms with Crippen LogP contribution in [0.4, 0.5) is 13.2 Å². The van der Waals surface area contributed by atoms with Crippen molar-refractivity contribution in [2.75, 3.05) is 13.2 Å². The van der Waals surface area contributed by atoms with Crippen molar-refractivity contribution >= 4 is 10.0 Å². The van der Waals surface area contributed by atoms with Gasteiger partial charge >= 0.3 is 6.18 Å². The number of halogens is 3. The fourth-order valence-corrected chi connectivity index (χ4v) is 4.52. The molecule has 1 N–H and O–H groups in total. The first-order valence-electron chi connectivity index (χ1n) is 8.63. The van der Waals surface area contributed by atoms with Crippen LogP contribution >= 0.6 is 0 Å². The summed E-state index contributed by atoms with van der Waals surface area (Å²) in [5.41, 5.74) is -0.515. The maximum atomic E-state index is 12.5. The average Bonchev–Trinajstić information content (AvgIpc) is 2.96. The number of ether oxygens (including phenoxy) is 2. The Labute approximate surface area is 150 Å². The van der Waals surface area contributed by atoms with Gasteiger partial charge < -0.3 is 9.47 Å². The Bertz CT molecular complexity index is 713. The van der Waals surface area contributed by atoms with Gasteiger partial charge in [0.15, 0.2) is 5.79 Å². The topological polar surface area (TPSA) is 64.6 Å². The van der Waals surface area contributed by atoms with Crippen LogP contribution in [-0.2, 0) is 31.4 Å². The van der Waals surface area contributed by atoms with E-state index >= 15 is 0 Å². The van der Waals surface area contributed by atoms with Crippen molar-refractivity contribution in [2.24, 2.45) is 0 Å². The lowest BCUT2D eigenvalue weighted by Gasteiger charge is -2.31. The Balaban J connectivity index is 1.51. The number of rotatable bonds is 5. The number of sulfonamides is 1. The molecule has 0 radical (unpaired) electrons. The lowest BCUT2D eigenvalue weighted by atomic mass is 9.94. The largest absolute Gasteiger partial charge is 0.416 e. The highest BCUT2D eigenvalue weighted by atomic mass is 32.2. The van der Waals surface area contributed by atoms with Crippen molar-refractivity contribution in [1.82, 2.24) is 4.72 Å². The molecule has 146 valence electrons. The predicted molar refractivity (Wildman–Crippen MR) is 88.7 cm³/mol. The third-order valence-corrected chi connectivity index (χ3v) is 6.02. The Morgan fingerprint density at radius 3 is 2.38 bits per heavy atom. The zero-order chi connectivity index (χ0) is 18.8. The van der Waals surface area contributed by atoms with E-state index in [0.29, 0.717) is 6.61 Å². The standard InChI is InChI=1S/C17H22F3NO4S/c18-17(19,20)14-6-4-13(5-7-14)12-26(22,23)21-10-15-11-24-16(25-15)8-2-1-3-9-16/h4-7,15,21H,1-3,8-12H2/t15-/m1/s1. The van der Waals surface area contributed by atoms with Crippen molar-refractivity contribution in [1.29, 1.82) is 0 Å². The minimum Gasteiger partial charge on any atom is -0.347 e. The molecule has 1 aromatic carbocycles. The van der Waals surface area contributed by atoms with E-state index < -0.39 is 27.6 Å². The molecular formula is C17H22F3NO4S. The monoisotopic (exact) mass is 393 g/mol. The van der Waals surface area contributed by atoms with Gasteiger partial charge in [-0.05, 0) is 30.5 Å². The molecule has 2 fully saturated rings. The molecule has 1 aliphatic carbocycles. The predicted octanol–water partition coefficient (Wildman–Crippen LogP) is 3.20. The summed E-state index contributed by atoms with van der Waals surface area (Å²) >= 11 is 0. The molecule has 1 aliphatic heterocycles. The molecule has 0 amide bonds. The summed E-state index contributed by atoms with van der Waals surface area (Å²) in [6, 6.07) is 4.11. The van der Waals surface area contributed by atoms with E-state index in [4.69, 9.17) is 9.47 Å². The van der Waals surface area contributed by atoms with E-state index in [-0.39, 0.29) is 24.0 Å². The van der Waals surface area contributed by atoms with Crippen LogP contribution in [0.25, 0.3) is 0 Å². The summed E-state index contributed by atoms with van der Waals surface area (Å²) in [5.74, 6) is -0.953. The van der Waals surface area contributed by atoms with Gasteiger partial charge in [0, 0.05) is 19.4 Å². The van der Waals surface area contributed by atoms with E-state index in [2.05, 4.69) is 4.72 Å². The fourth-order valence-electron chi connectivity index (χ4n) is 3.35. The second-order valence-corrected chi connectivity index (χ2v) is 8.63. The van der Waals surface area contributed by atoms with Gasteiger partial charge in [-0.1, -0.05) is 18.6 Å². The molecule has 1 atom stereocenters. The SMILES string of the molecule is O=S(=O)(Cc1ccc(C(F)(F)F)cc1)NC[C@@H]1COC2(CCCCC2)O1. The van der Waals surface area contributed by atoms with Crippen LogP contribution in [0.15, 0.2) is 24.3 Å². The molecule has 0 aromatic heterocycles. The summed E-state index contributed by atoms with van der Waals surface area (Å²) in [7, 11) is -3.68. The summed E-state index contributed by atoms with van der Waals surface area (Å²) in [6.45, 7) is 0.424. The Kier molecular flexibility index (Phi) is 5.62. The van der Waals surface area contributed by atoms with E-state index in [1.54, 1.807) is 0 Å². The maximum absolute atomic E-state index is 12.5. The Morgan fingerprint density at radius 1 is 1.12 bits per heavy atom. The number of nitrogens with one attached hydrogen (secondary N) is 1. The zero-order valence-electron chi connectivity index (χ0n) is 14.2. The van der Waals surface area contributed by atoms with Crippen LogP contribution < -0.4 is 4.72 Å². The number of hydrogen-bond acceptors (Lipinski definition) is 4. The third kappa shape index (κ3) is 4.97. The first-order chi connectivity index (χ1) is 12.2. The minimum atomic E-state index is -4.44.